The van der Waals surface area contributed by atoms with Crippen molar-refractivity contribution in [3.63, 3.8) is 0 Å². The smallest absolute Gasteiger partial charge is 0.255 e. The summed E-state index contributed by atoms with van der Waals surface area (Å²) in [6.45, 7) is 1.37. The summed E-state index contributed by atoms with van der Waals surface area (Å²) in [5.41, 5.74) is 3.23. The normalized spacial score (nSPS) is 16.5. The van der Waals surface area contributed by atoms with Gasteiger partial charge < -0.3 is 10.6 Å². The average Bonchev–Trinajstić information content (AvgIpc) is 2.90. The van der Waals surface area contributed by atoms with E-state index in [9.17, 15) is 18.0 Å². The zero-order valence-electron chi connectivity index (χ0n) is 20.5. The number of halogens is 2. The summed E-state index contributed by atoms with van der Waals surface area (Å²) in [4.78, 5) is 25.3. The molecule has 7 nitrogen and oxygen atoms in total. The van der Waals surface area contributed by atoms with E-state index in [1.165, 1.54) is 28.1 Å². The van der Waals surface area contributed by atoms with Crippen molar-refractivity contribution in [1.82, 2.24) is 9.62 Å². The molecule has 2 amide bonds. The molecule has 0 saturated carbocycles. The highest BCUT2D eigenvalue weighted by Crippen LogP contribution is 2.32. The van der Waals surface area contributed by atoms with Gasteiger partial charge in [0.15, 0.2) is 0 Å². The van der Waals surface area contributed by atoms with Crippen LogP contribution in [0.1, 0.15) is 44.7 Å². The van der Waals surface area contributed by atoms with Gasteiger partial charge in [-0.3, -0.25) is 9.59 Å². The lowest BCUT2D eigenvalue weighted by Gasteiger charge is -2.31. The van der Waals surface area contributed by atoms with Gasteiger partial charge in [-0.2, -0.15) is 4.31 Å². The topological polar surface area (TPSA) is 95.6 Å². The van der Waals surface area contributed by atoms with Gasteiger partial charge in [0.1, 0.15) is 4.90 Å². The largest absolute Gasteiger partial charge is 0.352 e. The second-order valence-electron chi connectivity index (χ2n) is 9.63. The van der Waals surface area contributed by atoms with Crippen LogP contribution in [0.2, 0.25) is 5.02 Å². The van der Waals surface area contributed by atoms with Crippen LogP contribution in [0.15, 0.2) is 70.0 Å². The number of carbonyl (C=O) groups excluding carboxylic acids is 2. The Morgan fingerprint density at radius 3 is 2.55 bits per heavy atom. The number of hydrogen-bond donors (Lipinski definition) is 2. The van der Waals surface area contributed by atoms with Gasteiger partial charge in [-0.25, -0.2) is 8.42 Å². The molecule has 2 N–H and O–H groups in total. The fraction of sp³-hybridized carbons (Fsp3) is 0.286. The van der Waals surface area contributed by atoms with Gasteiger partial charge >= 0.3 is 0 Å². The SMILES string of the molecule is O=C(Nc1cc2c(cc1Br)CCNC2=O)c1ccc(Cl)c(S(=O)(=O)N2CCC(Cc3ccccc3)CC2)c1. The van der Waals surface area contributed by atoms with E-state index in [0.29, 0.717) is 47.7 Å². The molecule has 1 saturated heterocycles. The molecule has 2 aliphatic heterocycles. The molecule has 0 spiro atoms. The Balaban J connectivity index is 1.31. The Bertz CT molecular complexity index is 1490. The van der Waals surface area contributed by atoms with Crippen LogP contribution in [0.5, 0.6) is 0 Å². The molecule has 2 aliphatic rings. The summed E-state index contributed by atoms with van der Waals surface area (Å²) in [6.07, 6.45) is 3.14. The number of benzene rings is 3. The van der Waals surface area contributed by atoms with Crippen molar-refractivity contribution in [2.45, 2.75) is 30.6 Å². The molecular weight excluding hydrogens is 590 g/mol. The van der Waals surface area contributed by atoms with E-state index in [0.717, 1.165) is 24.8 Å². The summed E-state index contributed by atoms with van der Waals surface area (Å²) >= 11 is 9.79. The molecule has 1 fully saturated rings. The van der Waals surface area contributed by atoms with E-state index in [2.05, 4.69) is 38.7 Å². The molecule has 5 rings (SSSR count). The fourth-order valence-corrected chi connectivity index (χ4v) is 7.47. The number of nitrogens with one attached hydrogen (secondary N) is 2. The van der Waals surface area contributed by atoms with Crippen LogP contribution in [0, 0.1) is 5.92 Å². The minimum absolute atomic E-state index is 0.0691. The third-order valence-corrected chi connectivity index (χ3v) is 10.2. The summed E-state index contributed by atoms with van der Waals surface area (Å²) < 4.78 is 29.1. The number of piperidine rings is 1. The summed E-state index contributed by atoms with van der Waals surface area (Å²) in [5.74, 6) is -0.285. The predicted octanol–water partition coefficient (Wildman–Crippen LogP) is 5.28. The minimum atomic E-state index is -3.89. The monoisotopic (exact) mass is 615 g/mol. The Hall–Kier alpha value is -2.72. The molecule has 3 aromatic rings. The number of rotatable bonds is 6. The van der Waals surface area contributed by atoms with Crippen LogP contribution in [-0.2, 0) is 22.9 Å². The summed E-state index contributed by atoms with van der Waals surface area (Å²) in [5, 5.41) is 5.65. The maximum Gasteiger partial charge on any atom is 0.255 e. The van der Waals surface area contributed by atoms with Crippen molar-refractivity contribution < 1.29 is 18.0 Å². The first-order valence-electron chi connectivity index (χ1n) is 12.5. The van der Waals surface area contributed by atoms with Crippen LogP contribution < -0.4 is 10.6 Å². The highest BCUT2D eigenvalue weighted by atomic mass is 79.9. The van der Waals surface area contributed by atoms with E-state index in [4.69, 9.17) is 11.6 Å². The quantitative estimate of drug-likeness (QED) is 0.394. The number of hydrogen-bond acceptors (Lipinski definition) is 4. The lowest BCUT2D eigenvalue weighted by atomic mass is 9.91. The Morgan fingerprint density at radius 2 is 1.82 bits per heavy atom. The third kappa shape index (κ3) is 5.66. The molecule has 0 atom stereocenters. The van der Waals surface area contributed by atoms with Crippen LogP contribution in [-0.4, -0.2) is 44.2 Å². The van der Waals surface area contributed by atoms with Gasteiger partial charge in [0.05, 0.1) is 10.7 Å². The first-order valence-corrected chi connectivity index (χ1v) is 15.1. The molecule has 198 valence electrons. The number of amides is 2. The van der Waals surface area contributed by atoms with Gasteiger partial charge in [-0.1, -0.05) is 41.9 Å². The first kappa shape index (κ1) is 26.9. The number of nitrogens with zero attached hydrogens (tertiary/aromatic N) is 1. The van der Waals surface area contributed by atoms with E-state index in [-0.39, 0.29) is 21.4 Å². The summed E-state index contributed by atoms with van der Waals surface area (Å²) in [6, 6.07) is 17.9. The lowest BCUT2D eigenvalue weighted by Crippen LogP contribution is -2.39. The van der Waals surface area contributed by atoms with Crippen molar-refractivity contribution in [3.8, 4) is 0 Å². The van der Waals surface area contributed by atoms with E-state index < -0.39 is 15.9 Å². The maximum absolute atomic E-state index is 13.5. The minimum Gasteiger partial charge on any atom is -0.352 e. The zero-order valence-corrected chi connectivity index (χ0v) is 23.7. The molecule has 0 bridgehead atoms. The second-order valence-corrected chi connectivity index (χ2v) is 12.8. The molecular formula is C28H27BrClN3O4S. The average molecular weight is 617 g/mol. The highest BCUT2D eigenvalue weighted by molar-refractivity contribution is 9.10. The second kappa shape index (κ2) is 11.2. The molecule has 0 unspecified atom stereocenters. The van der Waals surface area contributed by atoms with Crippen molar-refractivity contribution >= 4 is 55.1 Å². The molecule has 38 heavy (non-hydrogen) atoms. The van der Waals surface area contributed by atoms with E-state index in [1.54, 1.807) is 6.07 Å². The van der Waals surface area contributed by atoms with E-state index >= 15 is 0 Å². The van der Waals surface area contributed by atoms with Gasteiger partial charge in [0.2, 0.25) is 10.0 Å². The standard InChI is InChI=1S/C28H27BrClN3O4S/c29-23-15-20-8-11-31-28(35)22(20)17-25(23)32-27(34)21-6-7-24(30)26(16-21)38(36,37)33-12-9-19(10-13-33)14-18-4-2-1-3-5-18/h1-7,15-17,19H,8-14H2,(H,31,35)(H,32,34). The predicted molar refractivity (Wildman–Crippen MR) is 151 cm³/mol. The molecule has 0 aromatic heterocycles. The maximum atomic E-state index is 13.5. The van der Waals surface area contributed by atoms with Crippen LogP contribution in [0.25, 0.3) is 0 Å². The van der Waals surface area contributed by atoms with Crippen LogP contribution in [0.4, 0.5) is 5.69 Å². The summed E-state index contributed by atoms with van der Waals surface area (Å²) in [7, 11) is -3.89. The fourth-order valence-electron chi connectivity index (χ4n) is 5.01. The van der Waals surface area contributed by atoms with Crippen molar-refractivity contribution in [1.29, 1.82) is 0 Å². The molecule has 0 radical (unpaired) electrons. The van der Waals surface area contributed by atoms with Gasteiger partial charge in [0, 0.05) is 35.2 Å². The Morgan fingerprint density at radius 1 is 1.08 bits per heavy atom. The Kier molecular flexibility index (Phi) is 7.90. The first-order chi connectivity index (χ1) is 18.2. The van der Waals surface area contributed by atoms with Crippen LogP contribution >= 0.6 is 27.5 Å². The number of carbonyl (C=O) groups is 2. The molecule has 10 heteroatoms. The zero-order chi connectivity index (χ0) is 26.9. The molecule has 0 aliphatic carbocycles. The van der Waals surface area contributed by atoms with Crippen molar-refractivity contribution in [2.75, 3.05) is 25.0 Å². The number of fused-ring (bicyclic) bond motifs is 1. The van der Waals surface area contributed by atoms with Gasteiger partial charge in [-0.15, -0.1) is 0 Å². The molecule has 2 heterocycles. The van der Waals surface area contributed by atoms with Gasteiger partial charge in [0.25, 0.3) is 11.8 Å². The third-order valence-electron chi connectivity index (χ3n) is 7.12. The van der Waals surface area contributed by atoms with Crippen molar-refractivity contribution in [2.24, 2.45) is 5.92 Å². The number of sulfonamides is 1. The lowest BCUT2D eigenvalue weighted by molar-refractivity contribution is 0.0944. The van der Waals surface area contributed by atoms with Crippen LogP contribution in [0.3, 0.4) is 0 Å². The Labute approximate surface area is 235 Å². The van der Waals surface area contributed by atoms with Crippen molar-refractivity contribution in [3.05, 3.63) is 92.4 Å². The number of anilines is 1. The molecule has 3 aromatic carbocycles. The highest BCUT2D eigenvalue weighted by Gasteiger charge is 2.31. The van der Waals surface area contributed by atoms with E-state index in [1.807, 2.05) is 24.3 Å². The van der Waals surface area contributed by atoms with Gasteiger partial charge in [-0.05, 0) is 89.0 Å².